The van der Waals surface area contributed by atoms with Crippen LogP contribution in [0.3, 0.4) is 0 Å². The number of carbonyl (C=O) groups is 1. The van der Waals surface area contributed by atoms with E-state index < -0.39 is 12.1 Å². The van der Waals surface area contributed by atoms with Gasteiger partial charge in [0.15, 0.2) is 0 Å². The number of hydroxylamine groups is 2. The Hall–Kier alpha value is -0.820. The monoisotopic (exact) mass is 253 g/mol. The molecular weight excluding hydrogens is 239 g/mol. The molecule has 0 saturated carbocycles. The lowest BCUT2D eigenvalue weighted by molar-refractivity contribution is -0.281. The fourth-order valence-electron chi connectivity index (χ4n) is 2.16. The van der Waals surface area contributed by atoms with Crippen molar-refractivity contribution in [1.82, 2.24) is 5.06 Å². The molecule has 0 aromatic heterocycles. The molecule has 2 rings (SSSR count). The number of carbonyl (C=O) groups excluding carboxylic acids is 1. The zero-order valence-electron chi connectivity index (χ0n) is 9.42. The Balaban J connectivity index is 1.78. The van der Waals surface area contributed by atoms with Crippen LogP contribution in [-0.4, -0.2) is 43.5 Å². The van der Waals surface area contributed by atoms with Gasteiger partial charge in [0.25, 0.3) is 0 Å². The van der Waals surface area contributed by atoms with Gasteiger partial charge in [-0.05, 0) is 6.42 Å². The first-order valence-corrected chi connectivity index (χ1v) is 5.49. The number of ether oxygens (including phenoxy) is 1. The summed E-state index contributed by atoms with van der Waals surface area (Å²) in [5.41, 5.74) is 0.0706. The van der Waals surface area contributed by atoms with E-state index in [-0.39, 0.29) is 11.3 Å². The van der Waals surface area contributed by atoms with E-state index >= 15 is 0 Å². The van der Waals surface area contributed by atoms with Crippen LogP contribution in [0.5, 0.6) is 0 Å². The van der Waals surface area contributed by atoms with Gasteiger partial charge in [-0.2, -0.15) is 13.2 Å². The minimum atomic E-state index is -4.92. The molecule has 0 radical (unpaired) electrons. The third-order valence-electron chi connectivity index (χ3n) is 3.64. The number of hydrogen-bond donors (Lipinski definition) is 0. The summed E-state index contributed by atoms with van der Waals surface area (Å²) < 4.78 is 40.9. The second-order valence-corrected chi connectivity index (χ2v) is 4.63. The smallest absolute Gasteiger partial charge is 0.380 e. The van der Waals surface area contributed by atoms with Crippen LogP contribution in [-0.2, 0) is 14.4 Å². The predicted molar refractivity (Wildman–Crippen MR) is 50.8 cm³/mol. The van der Waals surface area contributed by atoms with Gasteiger partial charge < -0.3 is 9.57 Å². The zero-order chi connectivity index (χ0) is 12.7. The Kier molecular flexibility index (Phi) is 3.07. The first kappa shape index (κ1) is 12.6. The van der Waals surface area contributed by atoms with Crippen LogP contribution < -0.4 is 0 Å². The molecule has 4 nitrogen and oxygen atoms in total. The molecule has 2 fully saturated rings. The molecule has 0 aliphatic carbocycles. The van der Waals surface area contributed by atoms with Crippen molar-refractivity contribution in [2.45, 2.75) is 19.5 Å². The summed E-state index contributed by atoms with van der Waals surface area (Å²) in [6.45, 7) is 4.05. The molecule has 0 aromatic carbocycles. The Morgan fingerprint density at radius 1 is 1.47 bits per heavy atom. The molecule has 0 N–H and O–H groups in total. The topological polar surface area (TPSA) is 38.8 Å². The molecule has 2 aliphatic heterocycles. The summed E-state index contributed by atoms with van der Waals surface area (Å²) in [6.07, 6.45) is -3.99. The molecule has 2 saturated heterocycles. The fourth-order valence-corrected chi connectivity index (χ4v) is 2.16. The molecule has 2 aliphatic rings. The van der Waals surface area contributed by atoms with Crippen molar-refractivity contribution < 1.29 is 27.5 Å². The predicted octanol–water partition coefficient (Wildman–Crippen LogP) is 1.37. The van der Waals surface area contributed by atoms with Crippen LogP contribution in [0.2, 0.25) is 0 Å². The Labute approximate surface area is 96.6 Å². The SMILES string of the molecule is CCC1(C2CN(OC(=O)C(F)(F)F)C2)COC1. The van der Waals surface area contributed by atoms with Crippen molar-refractivity contribution in [2.24, 2.45) is 11.3 Å². The molecule has 0 spiro atoms. The van der Waals surface area contributed by atoms with Crippen LogP contribution in [0.1, 0.15) is 13.3 Å². The highest BCUT2D eigenvalue weighted by molar-refractivity contribution is 5.75. The molecule has 2 heterocycles. The highest BCUT2D eigenvalue weighted by atomic mass is 19.4. The van der Waals surface area contributed by atoms with E-state index in [9.17, 15) is 18.0 Å². The highest BCUT2D eigenvalue weighted by Gasteiger charge is 2.51. The molecule has 0 atom stereocenters. The van der Waals surface area contributed by atoms with E-state index in [1.807, 2.05) is 6.92 Å². The molecule has 0 amide bonds. The number of alkyl halides is 3. The van der Waals surface area contributed by atoms with Crippen molar-refractivity contribution in [3.05, 3.63) is 0 Å². The third kappa shape index (κ3) is 2.26. The van der Waals surface area contributed by atoms with E-state index in [4.69, 9.17) is 4.74 Å². The van der Waals surface area contributed by atoms with E-state index in [0.717, 1.165) is 11.5 Å². The molecule has 17 heavy (non-hydrogen) atoms. The summed E-state index contributed by atoms with van der Waals surface area (Å²) in [6, 6.07) is 0. The van der Waals surface area contributed by atoms with Crippen molar-refractivity contribution in [3.8, 4) is 0 Å². The molecule has 0 bridgehead atoms. The van der Waals surface area contributed by atoms with Gasteiger partial charge in [-0.15, -0.1) is 5.06 Å². The maximum absolute atomic E-state index is 11.9. The average Bonchev–Trinajstić information content (AvgIpc) is 2.10. The first-order valence-electron chi connectivity index (χ1n) is 5.49. The van der Waals surface area contributed by atoms with Crippen LogP contribution in [0.25, 0.3) is 0 Å². The standard InChI is InChI=1S/C10H14F3NO3/c1-2-9(5-16-6-9)7-3-14(4-7)17-8(15)10(11,12)13/h7H,2-6H2,1H3. The molecular formula is C10H14F3NO3. The molecule has 7 heteroatoms. The van der Waals surface area contributed by atoms with Gasteiger partial charge in [-0.3, -0.25) is 0 Å². The van der Waals surface area contributed by atoms with Gasteiger partial charge >= 0.3 is 12.1 Å². The van der Waals surface area contributed by atoms with Gasteiger partial charge in [0.2, 0.25) is 0 Å². The quantitative estimate of drug-likeness (QED) is 0.761. The number of nitrogens with zero attached hydrogens (tertiary/aromatic N) is 1. The Morgan fingerprint density at radius 3 is 2.41 bits per heavy atom. The van der Waals surface area contributed by atoms with Crippen molar-refractivity contribution in [2.75, 3.05) is 26.3 Å². The van der Waals surface area contributed by atoms with Crippen LogP contribution in [0.4, 0.5) is 13.2 Å². The summed E-state index contributed by atoms with van der Waals surface area (Å²) in [5.74, 6) is -1.89. The lowest BCUT2D eigenvalue weighted by Gasteiger charge is -2.53. The van der Waals surface area contributed by atoms with Gasteiger partial charge in [-0.25, -0.2) is 4.79 Å². The van der Waals surface area contributed by atoms with Gasteiger partial charge in [-0.1, -0.05) is 6.92 Å². The average molecular weight is 253 g/mol. The number of hydrogen-bond acceptors (Lipinski definition) is 4. The van der Waals surface area contributed by atoms with Crippen molar-refractivity contribution in [3.63, 3.8) is 0 Å². The maximum atomic E-state index is 11.9. The number of rotatable bonds is 3. The van der Waals surface area contributed by atoms with Crippen LogP contribution in [0.15, 0.2) is 0 Å². The normalized spacial score (nSPS) is 24.9. The summed E-state index contributed by atoms with van der Waals surface area (Å²) in [5, 5.41) is 1.07. The molecule has 98 valence electrons. The number of halogens is 3. The Bertz CT molecular complexity index is 303. The van der Waals surface area contributed by atoms with Gasteiger partial charge in [0, 0.05) is 24.4 Å². The molecule has 0 aromatic rings. The fraction of sp³-hybridized carbons (Fsp3) is 0.900. The van der Waals surface area contributed by atoms with Gasteiger partial charge in [0.1, 0.15) is 0 Å². The summed E-state index contributed by atoms with van der Waals surface area (Å²) >= 11 is 0. The summed E-state index contributed by atoms with van der Waals surface area (Å²) in [4.78, 5) is 14.8. The summed E-state index contributed by atoms with van der Waals surface area (Å²) in [7, 11) is 0. The maximum Gasteiger partial charge on any atom is 0.492 e. The molecule has 0 unspecified atom stereocenters. The van der Waals surface area contributed by atoms with E-state index in [2.05, 4.69) is 4.84 Å². The van der Waals surface area contributed by atoms with Crippen molar-refractivity contribution >= 4 is 5.97 Å². The minimum Gasteiger partial charge on any atom is -0.380 e. The van der Waals surface area contributed by atoms with E-state index in [1.165, 1.54) is 0 Å². The minimum absolute atomic E-state index is 0.0706. The highest BCUT2D eigenvalue weighted by Crippen LogP contribution is 2.43. The lowest BCUT2D eigenvalue weighted by Crippen LogP contribution is -2.61. The zero-order valence-corrected chi connectivity index (χ0v) is 9.42. The van der Waals surface area contributed by atoms with Crippen LogP contribution in [0, 0.1) is 11.3 Å². The Morgan fingerprint density at radius 2 is 2.06 bits per heavy atom. The largest absolute Gasteiger partial charge is 0.492 e. The van der Waals surface area contributed by atoms with E-state index in [0.29, 0.717) is 26.3 Å². The van der Waals surface area contributed by atoms with Crippen molar-refractivity contribution in [1.29, 1.82) is 0 Å². The van der Waals surface area contributed by atoms with E-state index in [1.54, 1.807) is 0 Å². The van der Waals surface area contributed by atoms with Crippen LogP contribution >= 0.6 is 0 Å². The second kappa shape index (κ2) is 4.13. The first-order chi connectivity index (χ1) is 7.87. The van der Waals surface area contributed by atoms with Gasteiger partial charge in [0.05, 0.1) is 13.2 Å². The second-order valence-electron chi connectivity index (χ2n) is 4.63. The third-order valence-corrected chi connectivity index (χ3v) is 3.64. The lowest BCUT2D eigenvalue weighted by atomic mass is 9.69.